The Morgan fingerprint density at radius 3 is 2.60 bits per heavy atom. The van der Waals surface area contributed by atoms with Crippen LogP contribution in [0.15, 0.2) is 59.3 Å². The van der Waals surface area contributed by atoms with Crippen LogP contribution in [0.5, 0.6) is 5.75 Å². The van der Waals surface area contributed by atoms with Crippen molar-refractivity contribution in [3.05, 3.63) is 82.9 Å². The lowest BCUT2D eigenvalue weighted by atomic mass is 10.0. The van der Waals surface area contributed by atoms with Gasteiger partial charge >= 0.3 is 5.97 Å². The fourth-order valence-electron chi connectivity index (χ4n) is 4.80. The Morgan fingerprint density at radius 2 is 1.91 bits per heavy atom. The van der Waals surface area contributed by atoms with Gasteiger partial charge in [-0.05, 0) is 37.6 Å². The summed E-state index contributed by atoms with van der Waals surface area (Å²) in [5.74, 6) is 0.716. The second kappa shape index (κ2) is 9.93. The summed E-state index contributed by atoms with van der Waals surface area (Å²) in [6, 6.07) is 15.1. The average molecular weight is 475 g/mol. The monoisotopic (exact) mass is 474 g/mol. The molecule has 0 amide bonds. The van der Waals surface area contributed by atoms with Gasteiger partial charge in [-0.3, -0.25) is 14.6 Å². The number of H-pyrrole nitrogens is 1. The molecule has 5 rings (SSSR count). The molecule has 0 bridgehead atoms. The van der Waals surface area contributed by atoms with Crippen LogP contribution in [0.25, 0.3) is 10.9 Å². The van der Waals surface area contributed by atoms with E-state index in [4.69, 9.17) is 9.26 Å². The van der Waals surface area contributed by atoms with Gasteiger partial charge in [0.25, 0.3) is 0 Å². The van der Waals surface area contributed by atoms with Crippen molar-refractivity contribution in [3.8, 4) is 5.75 Å². The Morgan fingerprint density at radius 1 is 1.14 bits per heavy atom. The Balaban J connectivity index is 1.31. The Bertz CT molecular complexity index is 1290. The van der Waals surface area contributed by atoms with Crippen molar-refractivity contribution in [2.45, 2.75) is 33.0 Å². The van der Waals surface area contributed by atoms with Crippen molar-refractivity contribution >= 4 is 16.9 Å². The highest BCUT2D eigenvalue weighted by molar-refractivity contribution is 5.90. The number of carboxylic acids is 1. The van der Waals surface area contributed by atoms with Crippen molar-refractivity contribution in [3.63, 3.8) is 0 Å². The zero-order valence-corrected chi connectivity index (χ0v) is 20.0. The van der Waals surface area contributed by atoms with Gasteiger partial charge in [0.05, 0.1) is 5.69 Å². The highest BCUT2D eigenvalue weighted by Crippen LogP contribution is 2.32. The predicted molar refractivity (Wildman–Crippen MR) is 132 cm³/mol. The van der Waals surface area contributed by atoms with Crippen molar-refractivity contribution in [1.82, 2.24) is 19.9 Å². The van der Waals surface area contributed by atoms with Gasteiger partial charge in [0.1, 0.15) is 24.2 Å². The number of hydrogen-bond donors (Lipinski definition) is 2. The maximum atomic E-state index is 12.4. The molecule has 1 aliphatic rings. The summed E-state index contributed by atoms with van der Waals surface area (Å²) in [5, 5.41) is 15.1. The van der Waals surface area contributed by atoms with E-state index in [0.717, 1.165) is 64.4 Å². The lowest BCUT2D eigenvalue weighted by Gasteiger charge is -2.37. The number of rotatable bonds is 8. The second-order valence-corrected chi connectivity index (χ2v) is 9.08. The molecule has 4 aromatic rings. The average Bonchev–Trinajstić information content (AvgIpc) is 3.42. The van der Waals surface area contributed by atoms with Crippen molar-refractivity contribution < 1.29 is 19.2 Å². The smallest absolute Gasteiger partial charge is 0.325 e. The van der Waals surface area contributed by atoms with Crippen molar-refractivity contribution in [1.29, 1.82) is 0 Å². The number of nitrogens with one attached hydrogen (secondary N) is 1. The molecule has 35 heavy (non-hydrogen) atoms. The van der Waals surface area contributed by atoms with Crippen LogP contribution in [0.4, 0.5) is 0 Å². The van der Waals surface area contributed by atoms with E-state index in [9.17, 15) is 9.90 Å². The Kier molecular flexibility index (Phi) is 6.57. The molecule has 0 aliphatic carbocycles. The fourth-order valence-corrected chi connectivity index (χ4v) is 4.80. The van der Waals surface area contributed by atoms with Gasteiger partial charge in [-0.15, -0.1) is 0 Å². The number of nitrogens with zero attached hydrogens (tertiary/aromatic N) is 3. The number of ether oxygens (including phenoxy) is 1. The van der Waals surface area contributed by atoms with E-state index < -0.39 is 12.0 Å². The minimum absolute atomic E-state index is 0.460. The Labute approximate surface area is 204 Å². The number of carboxylic acid groups (broad SMARTS) is 1. The number of carbonyl (C=O) groups is 1. The lowest BCUT2D eigenvalue weighted by molar-refractivity contribution is -0.144. The van der Waals surface area contributed by atoms with Crippen molar-refractivity contribution in [2.75, 3.05) is 26.2 Å². The highest BCUT2D eigenvalue weighted by Gasteiger charge is 2.32. The molecule has 2 aromatic carbocycles. The first-order valence-electron chi connectivity index (χ1n) is 11.9. The summed E-state index contributed by atoms with van der Waals surface area (Å²) >= 11 is 0. The number of aromatic nitrogens is 2. The lowest BCUT2D eigenvalue weighted by Crippen LogP contribution is -2.48. The van der Waals surface area contributed by atoms with E-state index in [1.807, 2.05) is 73.5 Å². The molecule has 2 N–H and O–H groups in total. The third-order valence-corrected chi connectivity index (χ3v) is 6.80. The number of fused-ring (bicyclic) bond motifs is 1. The molecule has 8 nitrogen and oxygen atoms in total. The van der Waals surface area contributed by atoms with E-state index in [2.05, 4.69) is 15.0 Å². The Hall–Kier alpha value is -3.62. The van der Waals surface area contributed by atoms with E-state index in [1.54, 1.807) is 0 Å². The van der Waals surface area contributed by atoms with E-state index in [0.29, 0.717) is 19.7 Å². The summed E-state index contributed by atoms with van der Waals surface area (Å²) < 4.78 is 11.3. The highest BCUT2D eigenvalue weighted by atomic mass is 16.5. The number of benzene rings is 2. The van der Waals surface area contributed by atoms with Gasteiger partial charge in [-0.25, -0.2) is 0 Å². The van der Waals surface area contributed by atoms with E-state index >= 15 is 0 Å². The minimum Gasteiger partial charge on any atom is -0.489 e. The van der Waals surface area contributed by atoms with Crippen LogP contribution >= 0.6 is 0 Å². The molecular weight excluding hydrogens is 444 g/mol. The van der Waals surface area contributed by atoms with Crippen LogP contribution in [0.3, 0.4) is 0 Å². The largest absolute Gasteiger partial charge is 0.489 e. The van der Waals surface area contributed by atoms with Crippen LogP contribution in [0, 0.1) is 13.8 Å². The molecule has 8 heteroatoms. The third kappa shape index (κ3) is 4.94. The van der Waals surface area contributed by atoms with Gasteiger partial charge in [0.2, 0.25) is 0 Å². The zero-order chi connectivity index (χ0) is 24.4. The maximum Gasteiger partial charge on any atom is 0.325 e. The molecule has 1 unspecified atom stereocenters. The number of aryl methyl sites for hydroxylation is 2. The third-order valence-electron chi connectivity index (χ3n) is 6.80. The molecular formula is C27H30N4O4. The molecule has 0 saturated carbocycles. The van der Waals surface area contributed by atoms with Crippen LogP contribution in [0.2, 0.25) is 0 Å². The molecule has 3 heterocycles. The van der Waals surface area contributed by atoms with Crippen LogP contribution < -0.4 is 4.74 Å². The first-order valence-corrected chi connectivity index (χ1v) is 11.9. The molecule has 0 spiro atoms. The summed E-state index contributed by atoms with van der Waals surface area (Å²) in [6.45, 7) is 8.00. The van der Waals surface area contributed by atoms with Gasteiger partial charge < -0.3 is 19.4 Å². The molecule has 0 radical (unpaired) electrons. The van der Waals surface area contributed by atoms with Crippen LogP contribution in [0.1, 0.15) is 34.2 Å². The molecule has 1 saturated heterocycles. The maximum absolute atomic E-state index is 12.4. The molecule has 1 aliphatic heterocycles. The van der Waals surface area contributed by atoms with Gasteiger partial charge in [0.15, 0.2) is 0 Å². The minimum atomic E-state index is -0.847. The number of hydrogen-bond acceptors (Lipinski definition) is 6. The topological polar surface area (TPSA) is 94.8 Å². The van der Waals surface area contributed by atoms with Gasteiger partial charge in [-0.1, -0.05) is 35.5 Å². The summed E-state index contributed by atoms with van der Waals surface area (Å²) in [6.07, 6.45) is 1.82. The number of aliphatic carboxylic acids is 1. The normalized spacial score (nSPS) is 15.9. The fraction of sp³-hybridized carbons (Fsp3) is 0.333. The first kappa shape index (κ1) is 23.1. The molecule has 182 valence electrons. The standard InChI is InChI=1S/C27H30N4O4/c1-18-24(19(2)35-29-18)16-30-10-12-31(13-11-30)26(27(32)33)23-15-28-25-9-8-21(14-22(23)25)34-17-20-6-4-3-5-7-20/h3-9,14-15,26,28H,10-13,16-17H2,1-2H3,(H,32,33). The van der Waals surface area contributed by atoms with Crippen LogP contribution in [-0.2, 0) is 17.9 Å². The van der Waals surface area contributed by atoms with E-state index in [-0.39, 0.29) is 0 Å². The first-order chi connectivity index (χ1) is 17.0. The molecule has 1 atom stereocenters. The summed E-state index contributed by atoms with van der Waals surface area (Å²) in [4.78, 5) is 20.1. The number of aromatic amines is 1. The van der Waals surface area contributed by atoms with Crippen LogP contribution in [-0.4, -0.2) is 57.2 Å². The second-order valence-electron chi connectivity index (χ2n) is 9.08. The molecule has 1 fully saturated rings. The molecule has 2 aromatic heterocycles. The van der Waals surface area contributed by atoms with Crippen molar-refractivity contribution in [2.24, 2.45) is 0 Å². The zero-order valence-electron chi connectivity index (χ0n) is 20.0. The van der Waals surface area contributed by atoms with E-state index in [1.165, 1.54) is 0 Å². The summed E-state index contributed by atoms with van der Waals surface area (Å²) in [5.41, 5.74) is 4.78. The van der Waals surface area contributed by atoms with Gasteiger partial charge in [0, 0.05) is 61.0 Å². The quantitative estimate of drug-likeness (QED) is 0.393. The SMILES string of the molecule is Cc1noc(C)c1CN1CCN(C(C(=O)O)c2c[nH]c3ccc(OCc4ccccc4)cc23)CC1. The number of piperazine rings is 1. The predicted octanol–water partition coefficient (Wildman–Crippen LogP) is 4.30. The summed E-state index contributed by atoms with van der Waals surface area (Å²) in [7, 11) is 0. The van der Waals surface area contributed by atoms with Gasteiger partial charge in [-0.2, -0.15) is 0 Å².